The van der Waals surface area contributed by atoms with E-state index < -0.39 is 6.10 Å². The summed E-state index contributed by atoms with van der Waals surface area (Å²) in [6.07, 6.45) is 5.72. The van der Waals surface area contributed by atoms with E-state index in [0.717, 1.165) is 23.5 Å². The molecule has 0 unspecified atom stereocenters. The SMILES string of the molecule is CN(C)C(=O)COC(=O)CCCSCCN1C(=O)CC[C@@H]1C=C[C@@H](O)Cc1cccc(Cl)c1. The average molecular weight is 497 g/mol. The summed E-state index contributed by atoms with van der Waals surface area (Å²) in [5, 5.41) is 11.0. The molecule has 7 nitrogen and oxygen atoms in total. The van der Waals surface area contributed by atoms with Crippen LogP contribution in [0.3, 0.4) is 0 Å². The maximum absolute atomic E-state index is 12.3. The molecule has 182 valence electrons. The lowest BCUT2D eigenvalue weighted by molar-refractivity contribution is -0.151. The van der Waals surface area contributed by atoms with Crippen LogP contribution in [0.25, 0.3) is 0 Å². The number of esters is 1. The van der Waals surface area contributed by atoms with Crippen LogP contribution in [0.1, 0.15) is 31.2 Å². The van der Waals surface area contributed by atoms with Crippen LogP contribution in [0.15, 0.2) is 36.4 Å². The van der Waals surface area contributed by atoms with Crippen molar-refractivity contribution < 1.29 is 24.2 Å². The summed E-state index contributed by atoms with van der Waals surface area (Å²) >= 11 is 7.67. The standard InChI is InChI=1S/C24H33ClN2O5S/c1-26(2)23(30)17-32-24(31)7-4-13-33-14-12-27-20(9-11-22(27)29)8-10-21(28)16-18-5-3-6-19(25)15-18/h3,5-6,8,10,15,20-21,28H,4,7,9,11-14,16-17H2,1-2H3/t20-,21+/m0/s1. The summed E-state index contributed by atoms with van der Waals surface area (Å²) in [7, 11) is 3.23. The highest BCUT2D eigenvalue weighted by Gasteiger charge is 2.28. The molecule has 1 heterocycles. The Hall–Kier alpha value is -2.03. The molecule has 0 aliphatic carbocycles. The summed E-state index contributed by atoms with van der Waals surface area (Å²) in [6.45, 7) is 0.406. The monoisotopic (exact) mass is 496 g/mol. The molecule has 1 N–H and O–H groups in total. The molecule has 0 spiro atoms. The number of benzene rings is 1. The van der Waals surface area contributed by atoms with Crippen LogP contribution in [0.2, 0.25) is 5.02 Å². The van der Waals surface area contributed by atoms with Gasteiger partial charge < -0.3 is 19.6 Å². The number of rotatable bonds is 13. The van der Waals surface area contributed by atoms with Crippen molar-refractivity contribution in [2.75, 3.05) is 38.8 Å². The van der Waals surface area contributed by atoms with Crippen LogP contribution < -0.4 is 0 Å². The first-order valence-electron chi connectivity index (χ1n) is 11.1. The lowest BCUT2D eigenvalue weighted by atomic mass is 10.1. The molecule has 2 amide bonds. The van der Waals surface area contributed by atoms with Gasteiger partial charge in [-0.05, 0) is 36.3 Å². The van der Waals surface area contributed by atoms with E-state index in [-0.39, 0.29) is 36.9 Å². The van der Waals surface area contributed by atoms with Crippen molar-refractivity contribution in [2.24, 2.45) is 0 Å². The first kappa shape index (κ1) is 27.2. The molecule has 2 rings (SSSR count). The number of likely N-dealkylation sites (N-methyl/N-ethyl adjacent to an activating group) is 1. The zero-order chi connectivity index (χ0) is 24.2. The van der Waals surface area contributed by atoms with E-state index in [1.54, 1.807) is 38.0 Å². The van der Waals surface area contributed by atoms with E-state index >= 15 is 0 Å². The fraction of sp³-hybridized carbons (Fsp3) is 0.542. The van der Waals surface area contributed by atoms with Crippen LogP contribution >= 0.6 is 23.4 Å². The molecule has 2 atom stereocenters. The minimum Gasteiger partial charge on any atom is -0.456 e. The fourth-order valence-corrected chi connectivity index (χ4v) is 4.49. The molecular weight excluding hydrogens is 464 g/mol. The van der Waals surface area contributed by atoms with E-state index in [9.17, 15) is 19.5 Å². The third-order valence-corrected chi connectivity index (χ3v) is 6.55. The summed E-state index contributed by atoms with van der Waals surface area (Å²) < 4.78 is 4.94. The molecule has 1 aliphatic rings. The van der Waals surface area contributed by atoms with Crippen LogP contribution in [-0.4, -0.2) is 83.6 Å². The van der Waals surface area contributed by atoms with Crippen LogP contribution in [-0.2, 0) is 25.5 Å². The van der Waals surface area contributed by atoms with Gasteiger partial charge in [0, 0.05) is 50.7 Å². The number of aliphatic hydroxyl groups is 1. The number of halogens is 1. The van der Waals surface area contributed by atoms with Crippen molar-refractivity contribution in [2.45, 2.75) is 44.2 Å². The number of nitrogens with zero attached hydrogens (tertiary/aromatic N) is 2. The fourth-order valence-electron chi connectivity index (χ4n) is 3.40. The zero-order valence-electron chi connectivity index (χ0n) is 19.2. The molecule has 9 heteroatoms. The van der Waals surface area contributed by atoms with E-state index in [4.69, 9.17) is 16.3 Å². The maximum atomic E-state index is 12.3. The normalized spacial score (nSPS) is 16.9. The Morgan fingerprint density at radius 2 is 2.15 bits per heavy atom. The Morgan fingerprint density at radius 1 is 1.36 bits per heavy atom. The number of carbonyl (C=O) groups is 3. The highest BCUT2D eigenvalue weighted by molar-refractivity contribution is 7.99. The van der Waals surface area contributed by atoms with Gasteiger partial charge >= 0.3 is 5.97 Å². The third kappa shape index (κ3) is 10.2. The van der Waals surface area contributed by atoms with Crippen molar-refractivity contribution in [3.05, 3.63) is 47.0 Å². The van der Waals surface area contributed by atoms with E-state index in [0.29, 0.717) is 30.8 Å². The third-order valence-electron chi connectivity index (χ3n) is 5.27. The van der Waals surface area contributed by atoms with Crippen LogP contribution in [0.5, 0.6) is 0 Å². The van der Waals surface area contributed by atoms with Gasteiger partial charge in [0.15, 0.2) is 6.61 Å². The maximum Gasteiger partial charge on any atom is 0.306 e. The van der Waals surface area contributed by atoms with Gasteiger partial charge in [-0.3, -0.25) is 14.4 Å². The van der Waals surface area contributed by atoms with Gasteiger partial charge in [0.2, 0.25) is 5.91 Å². The lowest BCUT2D eigenvalue weighted by Crippen LogP contribution is -2.34. The Morgan fingerprint density at radius 3 is 2.88 bits per heavy atom. The van der Waals surface area contributed by atoms with Gasteiger partial charge in [-0.2, -0.15) is 11.8 Å². The topological polar surface area (TPSA) is 87.2 Å². The lowest BCUT2D eigenvalue weighted by Gasteiger charge is -2.22. The van der Waals surface area contributed by atoms with E-state index in [2.05, 4.69) is 0 Å². The Bertz CT molecular complexity index is 833. The number of amides is 2. The summed E-state index contributed by atoms with van der Waals surface area (Å²) in [5.41, 5.74) is 0.962. The van der Waals surface area contributed by atoms with Crippen LogP contribution in [0.4, 0.5) is 0 Å². The highest BCUT2D eigenvalue weighted by atomic mass is 35.5. The number of aliphatic hydroxyl groups excluding tert-OH is 1. The number of hydrogen-bond donors (Lipinski definition) is 1. The van der Waals surface area contributed by atoms with Gasteiger partial charge in [-0.15, -0.1) is 0 Å². The number of hydrogen-bond acceptors (Lipinski definition) is 6. The van der Waals surface area contributed by atoms with E-state index in [1.165, 1.54) is 4.90 Å². The Kier molecular flexibility index (Phi) is 11.8. The molecule has 1 aliphatic heterocycles. The Balaban J connectivity index is 1.65. The molecule has 0 radical (unpaired) electrons. The van der Waals surface area contributed by atoms with Crippen molar-refractivity contribution in [3.63, 3.8) is 0 Å². The zero-order valence-corrected chi connectivity index (χ0v) is 20.8. The second kappa shape index (κ2) is 14.3. The van der Waals surface area contributed by atoms with Gasteiger partial charge in [0.1, 0.15) is 0 Å². The predicted molar refractivity (Wildman–Crippen MR) is 131 cm³/mol. The molecular formula is C24H33ClN2O5S. The largest absolute Gasteiger partial charge is 0.456 e. The summed E-state index contributed by atoms with van der Waals surface area (Å²) in [4.78, 5) is 38.6. The van der Waals surface area contributed by atoms with Gasteiger partial charge in [-0.25, -0.2) is 0 Å². The number of likely N-dealkylation sites (tertiary alicyclic amines) is 1. The van der Waals surface area contributed by atoms with Gasteiger partial charge in [0.05, 0.1) is 12.1 Å². The van der Waals surface area contributed by atoms with Crippen molar-refractivity contribution in [3.8, 4) is 0 Å². The molecule has 1 fully saturated rings. The molecule has 0 aromatic heterocycles. The van der Waals surface area contributed by atoms with Crippen molar-refractivity contribution >= 4 is 41.1 Å². The Labute approximate surface area is 205 Å². The molecule has 1 aromatic rings. The van der Waals surface area contributed by atoms with Crippen LogP contribution in [0, 0.1) is 0 Å². The minimum atomic E-state index is -0.636. The molecule has 33 heavy (non-hydrogen) atoms. The average Bonchev–Trinajstić information content (AvgIpc) is 3.12. The van der Waals surface area contributed by atoms with Crippen molar-refractivity contribution in [1.29, 1.82) is 0 Å². The molecule has 0 saturated carbocycles. The molecule has 1 saturated heterocycles. The predicted octanol–water partition coefficient (Wildman–Crippen LogP) is 2.94. The first-order chi connectivity index (χ1) is 15.8. The van der Waals surface area contributed by atoms with Gasteiger partial charge in [0.25, 0.3) is 5.91 Å². The number of carbonyl (C=O) groups excluding carboxylic acids is 3. The minimum absolute atomic E-state index is 0.00340. The molecule has 1 aromatic carbocycles. The van der Waals surface area contributed by atoms with Crippen molar-refractivity contribution in [1.82, 2.24) is 9.80 Å². The summed E-state index contributed by atoms with van der Waals surface area (Å²) in [5.74, 6) is 1.06. The number of ether oxygens (including phenoxy) is 1. The summed E-state index contributed by atoms with van der Waals surface area (Å²) in [6, 6.07) is 7.42. The quantitative estimate of drug-likeness (QED) is 0.257. The second-order valence-corrected chi connectivity index (χ2v) is 9.81. The number of thioether (sulfide) groups is 1. The first-order valence-corrected chi connectivity index (χ1v) is 12.6. The highest BCUT2D eigenvalue weighted by Crippen LogP contribution is 2.21. The van der Waals surface area contributed by atoms with E-state index in [1.807, 2.05) is 29.2 Å². The smallest absolute Gasteiger partial charge is 0.306 e. The van der Waals surface area contributed by atoms with Gasteiger partial charge in [-0.1, -0.05) is 35.9 Å². The second-order valence-electron chi connectivity index (χ2n) is 8.14. The molecule has 0 bridgehead atoms.